The van der Waals surface area contributed by atoms with Gasteiger partial charge in [-0.3, -0.25) is 0 Å². The van der Waals surface area contributed by atoms with Gasteiger partial charge in [0.25, 0.3) is 0 Å². The Morgan fingerprint density at radius 3 is 2.68 bits per heavy atom. The molecule has 7 heteroatoms. The highest BCUT2D eigenvalue weighted by atomic mass is 35.5. The van der Waals surface area contributed by atoms with Crippen LogP contribution in [0.5, 0.6) is 5.75 Å². The fraction of sp³-hybridized carbons (Fsp3) is 0.167. The highest BCUT2D eigenvalue weighted by Gasteiger charge is 2.25. The van der Waals surface area contributed by atoms with Crippen molar-refractivity contribution in [2.24, 2.45) is 0 Å². The largest absolute Gasteiger partial charge is 0.494 e. The molecule has 0 fully saturated rings. The summed E-state index contributed by atoms with van der Waals surface area (Å²) in [6, 6.07) is 11.0. The van der Waals surface area contributed by atoms with Gasteiger partial charge in [-0.05, 0) is 36.8 Å². The summed E-state index contributed by atoms with van der Waals surface area (Å²) in [7, 11) is 1.63. The molecule has 2 heterocycles. The van der Waals surface area contributed by atoms with Crippen LogP contribution in [0.3, 0.4) is 0 Å². The van der Waals surface area contributed by atoms with Gasteiger partial charge in [0, 0.05) is 22.7 Å². The minimum atomic E-state index is 0.508. The number of hydrogen-bond acceptors (Lipinski definition) is 3. The highest BCUT2D eigenvalue weighted by molar-refractivity contribution is 6.42. The molecule has 1 N–H and O–H groups in total. The maximum atomic E-state index is 6.19. The smallest absolute Gasteiger partial charge is 0.144 e. The first-order valence-electron chi connectivity index (χ1n) is 7.73. The summed E-state index contributed by atoms with van der Waals surface area (Å²) >= 11 is 18.4. The Balaban J connectivity index is 1.92. The maximum Gasteiger partial charge on any atom is 0.144 e. The number of rotatable bonds is 3. The molecule has 1 aliphatic heterocycles. The van der Waals surface area contributed by atoms with Crippen molar-refractivity contribution < 1.29 is 4.74 Å². The fourth-order valence-electron chi connectivity index (χ4n) is 3.05. The molecule has 0 unspecified atom stereocenters. The third-order valence-electron chi connectivity index (χ3n) is 4.21. The number of ether oxygens (including phenoxy) is 1. The molecule has 128 valence electrons. The van der Waals surface area contributed by atoms with Crippen molar-refractivity contribution in [2.75, 3.05) is 19.0 Å². The van der Waals surface area contributed by atoms with E-state index in [1.807, 2.05) is 28.9 Å². The van der Waals surface area contributed by atoms with Crippen LogP contribution in [-0.2, 0) is 6.42 Å². The molecular formula is C18H14Cl3N3O. The number of fused-ring (bicyclic) bond motifs is 1. The van der Waals surface area contributed by atoms with E-state index in [4.69, 9.17) is 44.6 Å². The molecule has 4 rings (SSSR count). The average Bonchev–Trinajstić information content (AvgIpc) is 3.20. The van der Waals surface area contributed by atoms with Crippen molar-refractivity contribution in [3.05, 3.63) is 57.0 Å². The van der Waals surface area contributed by atoms with Gasteiger partial charge in [-0.2, -0.15) is 5.10 Å². The molecule has 0 amide bonds. The van der Waals surface area contributed by atoms with Crippen molar-refractivity contribution in [1.29, 1.82) is 0 Å². The maximum absolute atomic E-state index is 6.19. The van der Waals surface area contributed by atoms with E-state index in [0.29, 0.717) is 20.8 Å². The minimum absolute atomic E-state index is 0.508. The highest BCUT2D eigenvalue weighted by Crippen LogP contribution is 2.38. The van der Waals surface area contributed by atoms with E-state index in [1.54, 1.807) is 19.2 Å². The van der Waals surface area contributed by atoms with Gasteiger partial charge in [-0.25, -0.2) is 4.68 Å². The standard InChI is InChI=1S/C18H14Cl3N3O/c1-25-16-5-3-11(19)9-15(16)24-18-12(6-7-22-18)17(23-24)10-2-4-13(20)14(21)8-10/h2-5,8-9,22H,6-7H2,1H3. The number of halogens is 3. The van der Waals surface area contributed by atoms with Crippen LogP contribution in [-0.4, -0.2) is 23.4 Å². The Kier molecular flexibility index (Phi) is 4.28. The number of aromatic nitrogens is 2. The van der Waals surface area contributed by atoms with Crippen LogP contribution in [0.25, 0.3) is 16.9 Å². The van der Waals surface area contributed by atoms with E-state index >= 15 is 0 Å². The van der Waals surface area contributed by atoms with Crippen LogP contribution >= 0.6 is 34.8 Å². The monoisotopic (exact) mass is 393 g/mol. The molecule has 1 aromatic heterocycles. The molecule has 0 bridgehead atoms. The first kappa shape index (κ1) is 16.6. The van der Waals surface area contributed by atoms with Crippen LogP contribution in [0.1, 0.15) is 5.56 Å². The summed E-state index contributed by atoms with van der Waals surface area (Å²) in [5.41, 5.74) is 3.72. The summed E-state index contributed by atoms with van der Waals surface area (Å²) < 4.78 is 7.32. The Labute approximate surface area is 160 Å². The first-order chi connectivity index (χ1) is 12.1. The zero-order chi connectivity index (χ0) is 17.6. The van der Waals surface area contributed by atoms with Crippen LogP contribution < -0.4 is 10.1 Å². The quantitative estimate of drug-likeness (QED) is 0.639. The molecule has 0 saturated carbocycles. The predicted octanol–water partition coefficient (Wildman–Crippen LogP) is 5.48. The van der Waals surface area contributed by atoms with Gasteiger partial charge in [0.1, 0.15) is 17.3 Å². The molecule has 3 aromatic rings. The van der Waals surface area contributed by atoms with E-state index in [-0.39, 0.29) is 0 Å². The molecule has 2 aromatic carbocycles. The molecule has 0 spiro atoms. The number of nitrogens with zero attached hydrogens (tertiary/aromatic N) is 2. The molecule has 1 aliphatic rings. The Morgan fingerprint density at radius 2 is 1.92 bits per heavy atom. The summed E-state index contributed by atoms with van der Waals surface area (Å²) in [6.45, 7) is 0.852. The van der Waals surface area contributed by atoms with Gasteiger partial charge >= 0.3 is 0 Å². The van der Waals surface area contributed by atoms with Gasteiger partial charge in [0.2, 0.25) is 0 Å². The molecule has 0 radical (unpaired) electrons. The van der Waals surface area contributed by atoms with Crippen molar-refractivity contribution in [3.8, 4) is 22.7 Å². The summed E-state index contributed by atoms with van der Waals surface area (Å²) in [4.78, 5) is 0. The SMILES string of the molecule is COc1ccc(Cl)cc1-n1nc(-c2ccc(Cl)c(Cl)c2)c2c1NCC2. The Hall–Kier alpha value is -1.88. The van der Waals surface area contributed by atoms with Gasteiger partial charge in [-0.1, -0.05) is 40.9 Å². The second kappa shape index (κ2) is 6.45. The van der Waals surface area contributed by atoms with Crippen LogP contribution in [0.2, 0.25) is 15.1 Å². The zero-order valence-electron chi connectivity index (χ0n) is 13.3. The Morgan fingerprint density at radius 1 is 1.08 bits per heavy atom. The number of benzene rings is 2. The Bertz CT molecular complexity index is 968. The second-order valence-electron chi connectivity index (χ2n) is 5.71. The van der Waals surface area contributed by atoms with E-state index in [0.717, 1.165) is 41.3 Å². The van der Waals surface area contributed by atoms with E-state index < -0.39 is 0 Å². The van der Waals surface area contributed by atoms with E-state index in [9.17, 15) is 0 Å². The van der Waals surface area contributed by atoms with Crippen molar-refractivity contribution in [3.63, 3.8) is 0 Å². The van der Waals surface area contributed by atoms with Crippen LogP contribution in [0.4, 0.5) is 5.82 Å². The summed E-state index contributed by atoms with van der Waals surface area (Å²) in [5.74, 6) is 1.64. The van der Waals surface area contributed by atoms with Crippen molar-refractivity contribution >= 4 is 40.6 Å². The third-order valence-corrected chi connectivity index (χ3v) is 5.19. The van der Waals surface area contributed by atoms with Crippen LogP contribution in [0, 0.1) is 0 Å². The van der Waals surface area contributed by atoms with Gasteiger partial charge in [0.05, 0.1) is 22.8 Å². The summed E-state index contributed by atoms with van der Waals surface area (Å²) in [5, 5.41) is 9.86. The normalized spacial score (nSPS) is 12.8. The third kappa shape index (κ3) is 2.84. The number of nitrogens with one attached hydrogen (secondary N) is 1. The molecule has 25 heavy (non-hydrogen) atoms. The van der Waals surface area contributed by atoms with Gasteiger partial charge in [0.15, 0.2) is 0 Å². The van der Waals surface area contributed by atoms with Gasteiger partial charge in [-0.15, -0.1) is 0 Å². The molecule has 4 nitrogen and oxygen atoms in total. The van der Waals surface area contributed by atoms with Crippen LogP contribution in [0.15, 0.2) is 36.4 Å². The second-order valence-corrected chi connectivity index (χ2v) is 6.96. The van der Waals surface area contributed by atoms with Gasteiger partial charge < -0.3 is 10.1 Å². The molecule has 0 aliphatic carbocycles. The lowest BCUT2D eigenvalue weighted by atomic mass is 10.1. The predicted molar refractivity (Wildman–Crippen MR) is 103 cm³/mol. The number of anilines is 1. The molecule has 0 atom stereocenters. The topological polar surface area (TPSA) is 39.1 Å². The lowest BCUT2D eigenvalue weighted by Crippen LogP contribution is -2.05. The van der Waals surface area contributed by atoms with E-state index in [2.05, 4.69) is 5.32 Å². The molecule has 0 saturated heterocycles. The fourth-order valence-corrected chi connectivity index (χ4v) is 3.52. The average molecular weight is 395 g/mol. The minimum Gasteiger partial charge on any atom is -0.494 e. The van der Waals surface area contributed by atoms with E-state index in [1.165, 1.54) is 0 Å². The zero-order valence-corrected chi connectivity index (χ0v) is 15.6. The van der Waals surface area contributed by atoms with Crippen molar-refractivity contribution in [2.45, 2.75) is 6.42 Å². The van der Waals surface area contributed by atoms with Crippen molar-refractivity contribution in [1.82, 2.24) is 9.78 Å². The lowest BCUT2D eigenvalue weighted by molar-refractivity contribution is 0.412. The lowest BCUT2D eigenvalue weighted by Gasteiger charge is -2.11. The first-order valence-corrected chi connectivity index (χ1v) is 8.87. The number of methoxy groups -OCH3 is 1. The molecular weight excluding hydrogens is 381 g/mol. The summed E-state index contributed by atoms with van der Waals surface area (Å²) in [6.07, 6.45) is 0.883. The number of hydrogen-bond donors (Lipinski definition) is 1.